The van der Waals surface area contributed by atoms with Crippen molar-refractivity contribution in [1.29, 1.82) is 0 Å². The van der Waals surface area contributed by atoms with Crippen LogP contribution < -0.4 is 14.8 Å². The third-order valence-electron chi connectivity index (χ3n) is 3.16. The Morgan fingerprint density at radius 2 is 2.05 bits per heavy atom. The molecule has 0 fully saturated rings. The number of nitrogens with one attached hydrogen (secondary N) is 1. The molecule has 1 heterocycles. The Morgan fingerprint density at radius 3 is 2.65 bits per heavy atom. The molecule has 0 radical (unpaired) electrons. The maximum absolute atomic E-state index is 5.32. The van der Waals surface area contributed by atoms with Gasteiger partial charge in [-0.05, 0) is 24.1 Å². The van der Waals surface area contributed by atoms with E-state index >= 15 is 0 Å². The summed E-state index contributed by atoms with van der Waals surface area (Å²) in [6.07, 6.45) is 2.86. The quantitative estimate of drug-likeness (QED) is 0.849. The van der Waals surface area contributed by atoms with Crippen LogP contribution in [-0.2, 0) is 6.54 Å². The van der Waals surface area contributed by atoms with Gasteiger partial charge in [0.1, 0.15) is 5.01 Å². The fourth-order valence-corrected chi connectivity index (χ4v) is 2.84. The van der Waals surface area contributed by atoms with Crippen LogP contribution in [0.2, 0.25) is 0 Å². The summed E-state index contributed by atoms with van der Waals surface area (Å²) >= 11 is 1.69. The number of nitrogens with zero attached hydrogens (tertiary/aromatic N) is 1. The molecule has 0 aliphatic heterocycles. The lowest BCUT2D eigenvalue weighted by atomic mass is 10.1. The van der Waals surface area contributed by atoms with Crippen molar-refractivity contribution in [2.75, 3.05) is 14.2 Å². The third-order valence-corrected chi connectivity index (χ3v) is 4.05. The van der Waals surface area contributed by atoms with E-state index in [-0.39, 0.29) is 0 Å². The number of ether oxygens (including phenoxy) is 2. The Morgan fingerprint density at radius 1 is 1.25 bits per heavy atom. The Balaban J connectivity index is 2.03. The second-order valence-electron chi connectivity index (χ2n) is 4.40. The Hall–Kier alpha value is -1.59. The normalized spacial score (nSPS) is 12.2. The fourth-order valence-electron chi connectivity index (χ4n) is 2.04. The molecule has 20 heavy (non-hydrogen) atoms. The molecule has 1 atom stereocenters. The molecular weight excluding hydrogens is 272 g/mol. The molecule has 0 saturated carbocycles. The molecule has 0 aliphatic rings. The summed E-state index contributed by atoms with van der Waals surface area (Å²) in [7, 11) is 3.30. The maximum atomic E-state index is 5.32. The van der Waals surface area contributed by atoms with Gasteiger partial charge in [0.15, 0.2) is 11.5 Å². The van der Waals surface area contributed by atoms with Crippen LogP contribution in [0, 0.1) is 0 Å². The molecule has 2 rings (SSSR count). The van der Waals surface area contributed by atoms with Crippen LogP contribution in [0.5, 0.6) is 11.5 Å². The number of hydrogen-bond donors (Lipinski definition) is 1. The van der Waals surface area contributed by atoms with Crippen LogP contribution in [0.15, 0.2) is 29.8 Å². The molecule has 1 unspecified atom stereocenters. The van der Waals surface area contributed by atoms with Crippen LogP contribution in [0.3, 0.4) is 0 Å². The lowest BCUT2D eigenvalue weighted by molar-refractivity contribution is 0.354. The first-order valence-corrected chi connectivity index (χ1v) is 7.50. The van der Waals surface area contributed by atoms with Gasteiger partial charge >= 0.3 is 0 Å². The van der Waals surface area contributed by atoms with E-state index in [1.165, 1.54) is 0 Å². The van der Waals surface area contributed by atoms with Crippen LogP contribution in [-0.4, -0.2) is 19.2 Å². The molecule has 108 valence electrons. The van der Waals surface area contributed by atoms with Crippen molar-refractivity contribution in [2.45, 2.75) is 25.9 Å². The summed E-state index contributed by atoms with van der Waals surface area (Å²) in [5.41, 5.74) is 1.16. The Bertz CT molecular complexity index is 529. The number of rotatable bonds is 7. The zero-order chi connectivity index (χ0) is 14.4. The molecule has 2 aromatic rings. The molecule has 1 aromatic carbocycles. The van der Waals surface area contributed by atoms with Gasteiger partial charge < -0.3 is 14.8 Å². The summed E-state index contributed by atoms with van der Waals surface area (Å²) in [5.74, 6) is 1.51. The van der Waals surface area contributed by atoms with Gasteiger partial charge in [0, 0.05) is 18.1 Å². The molecule has 0 bridgehead atoms. The minimum absolute atomic E-state index is 0.295. The summed E-state index contributed by atoms with van der Waals surface area (Å²) in [5, 5.41) is 6.67. The number of hydrogen-bond acceptors (Lipinski definition) is 5. The van der Waals surface area contributed by atoms with E-state index in [1.807, 2.05) is 29.8 Å². The van der Waals surface area contributed by atoms with Gasteiger partial charge in [-0.1, -0.05) is 13.0 Å². The van der Waals surface area contributed by atoms with Crippen molar-refractivity contribution in [3.63, 3.8) is 0 Å². The SMILES string of the molecule is CCC(NCc1ccc(OC)c(OC)c1)c1nccs1. The van der Waals surface area contributed by atoms with E-state index in [4.69, 9.17) is 9.47 Å². The van der Waals surface area contributed by atoms with Gasteiger partial charge in [0.25, 0.3) is 0 Å². The molecule has 0 spiro atoms. The highest BCUT2D eigenvalue weighted by molar-refractivity contribution is 7.09. The highest BCUT2D eigenvalue weighted by Crippen LogP contribution is 2.28. The monoisotopic (exact) mass is 292 g/mol. The van der Waals surface area contributed by atoms with E-state index in [2.05, 4.69) is 17.2 Å². The van der Waals surface area contributed by atoms with Crippen LogP contribution in [0.1, 0.15) is 30.0 Å². The van der Waals surface area contributed by atoms with Crippen LogP contribution in [0.25, 0.3) is 0 Å². The molecule has 1 aromatic heterocycles. The van der Waals surface area contributed by atoms with E-state index in [9.17, 15) is 0 Å². The molecule has 0 saturated heterocycles. The lowest BCUT2D eigenvalue weighted by Gasteiger charge is -2.15. The summed E-state index contributed by atoms with van der Waals surface area (Å²) in [4.78, 5) is 4.37. The van der Waals surface area contributed by atoms with Crippen molar-refractivity contribution in [3.05, 3.63) is 40.3 Å². The fraction of sp³-hybridized carbons (Fsp3) is 0.400. The van der Waals surface area contributed by atoms with Gasteiger partial charge in [-0.15, -0.1) is 11.3 Å². The zero-order valence-corrected chi connectivity index (χ0v) is 12.9. The Labute approximate surface area is 123 Å². The van der Waals surface area contributed by atoms with E-state index < -0.39 is 0 Å². The van der Waals surface area contributed by atoms with Gasteiger partial charge in [0.2, 0.25) is 0 Å². The predicted molar refractivity (Wildman–Crippen MR) is 81.5 cm³/mol. The molecular formula is C15H20N2O2S. The van der Waals surface area contributed by atoms with Gasteiger partial charge in [-0.25, -0.2) is 4.98 Å². The standard InChI is InChI=1S/C15H20N2O2S/c1-4-12(15-16-7-8-20-15)17-10-11-5-6-13(18-2)14(9-11)19-3/h5-9,12,17H,4,10H2,1-3H3. The van der Waals surface area contributed by atoms with Crippen LogP contribution >= 0.6 is 11.3 Å². The highest BCUT2D eigenvalue weighted by Gasteiger charge is 2.12. The van der Waals surface area contributed by atoms with Crippen molar-refractivity contribution < 1.29 is 9.47 Å². The molecule has 1 N–H and O–H groups in total. The van der Waals surface area contributed by atoms with Crippen LogP contribution in [0.4, 0.5) is 0 Å². The second kappa shape index (κ2) is 7.26. The number of aromatic nitrogens is 1. The van der Waals surface area contributed by atoms with Crippen molar-refractivity contribution in [1.82, 2.24) is 10.3 Å². The van der Waals surface area contributed by atoms with Gasteiger partial charge in [-0.3, -0.25) is 0 Å². The molecule has 0 amide bonds. The lowest BCUT2D eigenvalue weighted by Crippen LogP contribution is -2.20. The average molecular weight is 292 g/mol. The maximum Gasteiger partial charge on any atom is 0.161 e. The number of benzene rings is 1. The average Bonchev–Trinajstić information content (AvgIpc) is 3.02. The smallest absolute Gasteiger partial charge is 0.161 e. The molecule has 4 nitrogen and oxygen atoms in total. The minimum atomic E-state index is 0.295. The first-order valence-electron chi connectivity index (χ1n) is 6.62. The Kier molecular flexibility index (Phi) is 5.38. The van der Waals surface area contributed by atoms with Gasteiger partial charge in [-0.2, -0.15) is 0 Å². The van der Waals surface area contributed by atoms with Crippen molar-refractivity contribution >= 4 is 11.3 Å². The molecule has 5 heteroatoms. The van der Waals surface area contributed by atoms with Crippen molar-refractivity contribution in [2.24, 2.45) is 0 Å². The highest BCUT2D eigenvalue weighted by atomic mass is 32.1. The molecule has 0 aliphatic carbocycles. The second-order valence-corrected chi connectivity index (χ2v) is 5.33. The number of methoxy groups -OCH3 is 2. The first kappa shape index (κ1) is 14.8. The number of thiazole rings is 1. The first-order chi connectivity index (χ1) is 9.78. The topological polar surface area (TPSA) is 43.4 Å². The zero-order valence-electron chi connectivity index (χ0n) is 12.1. The summed E-state index contributed by atoms with van der Waals surface area (Å²) in [6, 6.07) is 6.27. The predicted octanol–water partition coefficient (Wildman–Crippen LogP) is 3.40. The minimum Gasteiger partial charge on any atom is -0.493 e. The van der Waals surface area contributed by atoms with Crippen molar-refractivity contribution in [3.8, 4) is 11.5 Å². The van der Waals surface area contributed by atoms with E-state index in [0.717, 1.165) is 35.0 Å². The van der Waals surface area contributed by atoms with E-state index in [1.54, 1.807) is 25.6 Å². The largest absolute Gasteiger partial charge is 0.493 e. The third kappa shape index (κ3) is 3.49. The summed E-state index contributed by atoms with van der Waals surface area (Å²) < 4.78 is 10.6. The van der Waals surface area contributed by atoms with E-state index in [0.29, 0.717) is 6.04 Å². The summed E-state index contributed by atoms with van der Waals surface area (Å²) in [6.45, 7) is 2.94. The van der Waals surface area contributed by atoms with Gasteiger partial charge in [0.05, 0.1) is 20.3 Å².